The number of hydrogen-bond donors (Lipinski definition) is 1. The summed E-state index contributed by atoms with van der Waals surface area (Å²) in [5.74, 6) is 5.21. The van der Waals surface area contributed by atoms with Gasteiger partial charge in [-0.2, -0.15) is 0 Å². The Kier molecular flexibility index (Phi) is 5.93. The van der Waals surface area contributed by atoms with Crippen LogP contribution in [0.25, 0.3) is 11.1 Å². The molecule has 0 bridgehead atoms. The zero-order valence-corrected chi connectivity index (χ0v) is 15.6. The number of aliphatic hydroxyl groups is 1. The number of carbonyl (C=O) groups is 1. The summed E-state index contributed by atoms with van der Waals surface area (Å²) >= 11 is 5.92. The molecule has 1 amide bonds. The van der Waals surface area contributed by atoms with Crippen LogP contribution in [-0.4, -0.2) is 18.1 Å². The third-order valence-corrected chi connectivity index (χ3v) is 4.44. The van der Waals surface area contributed by atoms with Gasteiger partial charge in [0.1, 0.15) is 0 Å². The number of halogens is 1. The molecule has 3 nitrogen and oxygen atoms in total. The van der Waals surface area contributed by atoms with Gasteiger partial charge in [-0.1, -0.05) is 53.9 Å². The minimum atomic E-state index is -0.291. The first-order chi connectivity index (χ1) is 13.1. The minimum Gasteiger partial charge on any atom is -0.392 e. The van der Waals surface area contributed by atoms with E-state index < -0.39 is 0 Å². The Labute approximate surface area is 163 Å². The average molecular weight is 376 g/mol. The third-order valence-electron chi connectivity index (χ3n) is 4.19. The van der Waals surface area contributed by atoms with E-state index in [-0.39, 0.29) is 12.5 Å². The maximum absolute atomic E-state index is 12.3. The predicted octanol–water partition coefficient (Wildman–Crippen LogP) is 4.51. The molecule has 0 aromatic heterocycles. The molecule has 0 aliphatic heterocycles. The van der Waals surface area contributed by atoms with Gasteiger partial charge in [0.25, 0.3) is 0 Å². The topological polar surface area (TPSA) is 40.5 Å². The highest BCUT2D eigenvalue weighted by atomic mass is 35.5. The van der Waals surface area contributed by atoms with Gasteiger partial charge in [-0.3, -0.25) is 4.79 Å². The van der Waals surface area contributed by atoms with E-state index in [1.807, 2.05) is 48.5 Å². The van der Waals surface area contributed by atoms with Crippen LogP contribution in [0.2, 0.25) is 5.02 Å². The highest BCUT2D eigenvalue weighted by molar-refractivity contribution is 6.30. The van der Waals surface area contributed by atoms with Crippen molar-refractivity contribution in [1.29, 1.82) is 0 Å². The van der Waals surface area contributed by atoms with E-state index >= 15 is 0 Å². The molecule has 0 aliphatic rings. The fraction of sp³-hybridized carbons (Fsp3) is 0.0870. The third kappa shape index (κ3) is 4.77. The van der Waals surface area contributed by atoms with Crippen molar-refractivity contribution in [1.82, 2.24) is 0 Å². The molecule has 0 saturated heterocycles. The van der Waals surface area contributed by atoms with Crippen molar-refractivity contribution in [2.24, 2.45) is 0 Å². The van der Waals surface area contributed by atoms with Crippen LogP contribution in [0.3, 0.4) is 0 Å². The molecule has 4 heteroatoms. The lowest BCUT2D eigenvalue weighted by Crippen LogP contribution is -2.24. The van der Waals surface area contributed by atoms with E-state index in [9.17, 15) is 4.79 Å². The maximum atomic E-state index is 12.3. The summed E-state index contributed by atoms with van der Waals surface area (Å²) in [4.78, 5) is 13.8. The number of carbonyl (C=O) groups excluding carboxylic acids is 1. The van der Waals surface area contributed by atoms with Crippen LogP contribution in [0.5, 0.6) is 0 Å². The van der Waals surface area contributed by atoms with Crippen molar-refractivity contribution >= 4 is 23.2 Å². The highest BCUT2D eigenvalue weighted by Crippen LogP contribution is 2.24. The van der Waals surface area contributed by atoms with E-state index in [1.54, 1.807) is 31.3 Å². The number of aliphatic hydroxyl groups excluding tert-OH is 1. The molecule has 0 spiro atoms. The average Bonchev–Trinajstić information content (AvgIpc) is 2.72. The second-order valence-corrected chi connectivity index (χ2v) is 6.46. The molecule has 0 fully saturated rings. The van der Waals surface area contributed by atoms with Crippen LogP contribution >= 0.6 is 11.6 Å². The first kappa shape index (κ1) is 18.7. The van der Waals surface area contributed by atoms with E-state index in [0.717, 1.165) is 27.9 Å². The van der Waals surface area contributed by atoms with E-state index in [0.29, 0.717) is 5.02 Å². The molecule has 0 atom stereocenters. The van der Waals surface area contributed by atoms with Crippen LogP contribution in [-0.2, 0) is 11.4 Å². The van der Waals surface area contributed by atoms with Crippen LogP contribution in [0.1, 0.15) is 11.1 Å². The van der Waals surface area contributed by atoms with Crippen molar-refractivity contribution in [3.05, 3.63) is 88.9 Å². The molecular weight excluding hydrogens is 358 g/mol. The fourth-order valence-corrected chi connectivity index (χ4v) is 2.67. The van der Waals surface area contributed by atoms with E-state index in [1.165, 1.54) is 4.90 Å². The molecule has 27 heavy (non-hydrogen) atoms. The smallest absolute Gasteiger partial charge is 0.302 e. The summed E-state index contributed by atoms with van der Waals surface area (Å²) in [5, 5.41) is 9.75. The normalized spacial score (nSPS) is 10.0. The minimum absolute atomic E-state index is 0.0125. The Morgan fingerprint density at radius 2 is 1.48 bits per heavy atom. The van der Waals surface area contributed by atoms with E-state index in [2.05, 4.69) is 11.8 Å². The Hall–Kier alpha value is -3.06. The number of hydrogen-bond acceptors (Lipinski definition) is 2. The second kappa shape index (κ2) is 8.55. The Balaban J connectivity index is 1.71. The number of amides is 1. The second-order valence-electron chi connectivity index (χ2n) is 6.02. The van der Waals surface area contributed by atoms with Crippen molar-refractivity contribution in [2.75, 3.05) is 11.9 Å². The van der Waals surface area contributed by atoms with Gasteiger partial charge in [-0.15, -0.1) is 0 Å². The fourth-order valence-electron chi connectivity index (χ4n) is 2.54. The first-order valence-corrected chi connectivity index (χ1v) is 8.80. The lowest BCUT2D eigenvalue weighted by Gasteiger charge is -2.14. The molecule has 0 unspecified atom stereocenters. The molecule has 3 aromatic carbocycles. The van der Waals surface area contributed by atoms with Gasteiger partial charge >= 0.3 is 5.91 Å². The van der Waals surface area contributed by atoms with Crippen LogP contribution < -0.4 is 4.90 Å². The Bertz CT molecular complexity index is 982. The van der Waals surface area contributed by atoms with Gasteiger partial charge in [0, 0.05) is 29.2 Å². The quantitative estimate of drug-likeness (QED) is 0.684. The van der Waals surface area contributed by atoms with Gasteiger partial charge in [-0.25, -0.2) is 0 Å². The number of rotatable bonds is 3. The molecule has 0 saturated carbocycles. The number of benzene rings is 3. The zero-order chi connectivity index (χ0) is 19.2. The maximum Gasteiger partial charge on any atom is 0.302 e. The molecule has 3 aromatic rings. The van der Waals surface area contributed by atoms with Gasteiger partial charge in [-0.05, 0) is 53.1 Å². The summed E-state index contributed by atoms with van der Waals surface area (Å²) in [6.07, 6.45) is 0. The van der Waals surface area contributed by atoms with Gasteiger partial charge in [0.2, 0.25) is 0 Å². The summed E-state index contributed by atoms with van der Waals surface area (Å²) in [6.45, 7) is -0.0125. The van der Waals surface area contributed by atoms with Crippen LogP contribution in [0.4, 0.5) is 5.69 Å². The molecule has 0 radical (unpaired) electrons. The summed E-state index contributed by atoms with van der Waals surface area (Å²) in [5.41, 5.74) is 4.41. The Morgan fingerprint density at radius 1 is 0.926 bits per heavy atom. The van der Waals surface area contributed by atoms with Gasteiger partial charge < -0.3 is 10.0 Å². The lowest BCUT2D eigenvalue weighted by molar-refractivity contribution is -0.113. The lowest BCUT2D eigenvalue weighted by atomic mass is 10.1. The van der Waals surface area contributed by atoms with Gasteiger partial charge in [0.15, 0.2) is 0 Å². The standard InChI is InChI=1S/C23H18ClNO2/c1-25(23(27)15-6-17-2-4-18(16-26)5-3-17)22-13-9-20(10-14-22)19-7-11-21(24)12-8-19/h2-5,7-14,26H,16H2,1H3. The molecule has 3 rings (SSSR count). The molecule has 0 heterocycles. The first-order valence-electron chi connectivity index (χ1n) is 8.42. The highest BCUT2D eigenvalue weighted by Gasteiger charge is 2.08. The van der Waals surface area contributed by atoms with E-state index in [4.69, 9.17) is 16.7 Å². The SMILES string of the molecule is CN(C(=O)C#Cc1ccc(CO)cc1)c1ccc(-c2ccc(Cl)cc2)cc1. The molecule has 134 valence electrons. The summed E-state index contributed by atoms with van der Waals surface area (Å²) < 4.78 is 0. The van der Waals surface area contributed by atoms with Crippen LogP contribution in [0, 0.1) is 11.8 Å². The van der Waals surface area contributed by atoms with Crippen molar-refractivity contribution in [2.45, 2.75) is 6.61 Å². The summed E-state index contributed by atoms with van der Waals surface area (Å²) in [7, 11) is 1.70. The monoisotopic (exact) mass is 375 g/mol. The predicted molar refractivity (Wildman–Crippen MR) is 110 cm³/mol. The van der Waals surface area contributed by atoms with Crippen molar-refractivity contribution < 1.29 is 9.90 Å². The molecular formula is C23H18ClNO2. The molecule has 1 N–H and O–H groups in total. The summed E-state index contributed by atoms with van der Waals surface area (Å²) in [6, 6.07) is 22.5. The number of nitrogens with zero attached hydrogens (tertiary/aromatic N) is 1. The zero-order valence-electron chi connectivity index (χ0n) is 14.8. The van der Waals surface area contributed by atoms with Crippen molar-refractivity contribution in [3.63, 3.8) is 0 Å². The van der Waals surface area contributed by atoms with Gasteiger partial charge in [0.05, 0.1) is 6.61 Å². The number of anilines is 1. The van der Waals surface area contributed by atoms with Crippen LogP contribution in [0.15, 0.2) is 72.8 Å². The van der Waals surface area contributed by atoms with Crippen molar-refractivity contribution in [3.8, 4) is 23.0 Å². The molecule has 0 aliphatic carbocycles. The Morgan fingerprint density at radius 3 is 2.04 bits per heavy atom. The largest absolute Gasteiger partial charge is 0.392 e.